The van der Waals surface area contributed by atoms with Crippen molar-refractivity contribution in [2.45, 2.75) is 65.0 Å². The summed E-state index contributed by atoms with van der Waals surface area (Å²) in [6.45, 7) is 5.10. The number of nitrogens with one attached hydrogen (secondary N) is 3. The maximum atomic E-state index is 12.5. The molecule has 0 aliphatic heterocycles. The minimum Gasteiger partial charge on any atom is -0.357 e. The van der Waals surface area contributed by atoms with Gasteiger partial charge in [-0.1, -0.05) is 31.4 Å². The van der Waals surface area contributed by atoms with E-state index in [0.29, 0.717) is 25.5 Å². The van der Waals surface area contributed by atoms with Crippen molar-refractivity contribution in [1.29, 1.82) is 0 Å². The van der Waals surface area contributed by atoms with Gasteiger partial charge in [-0.3, -0.25) is 4.79 Å². The number of benzene rings is 1. The molecule has 1 fully saturated rings. The summed E-state index contributed by atoms with van der Waals surface area (Å²) < 4.78 is 22.7. The fraction of sp³-hybridized carbons (Fsp3) is 0.636. The van der Waals surface area contributed by atoms with Crippen molar-refractivity contribution in [2.75, 3.05) is 23.9 Å². The average molecular weight is 437 g/mol. The molecule has 168 valence electrons. The van der Waals surface area contributed by atoms with Crippen molar-refractivity contribution in [3.8, 4) is 0 Å². The lowest BCUT2D eigenvalue weighted by molar-refractivity contribution is -0.120. The van der Waals surface area contributed by atoms with Crippen LogP contribution in [0.4, 0.5) is 5.69 Å². The average Bonchev–Trinajstić information content (AvgIpc) is 2.71. The number of aliphatic imine (C=N–C) groups is 1. The van der Waals surface area contributed by atoms with Crippen molar-refractivity contribution in [1.82, 2.24) is 10.6 Å². The number of rotatable bonds is 9. The van der Waals surface area contributed by atoms with Crippen LogP contribution in [0.1, 0.15) is 57.9 Å². The Morgan fingerprint density at radius 3 is 2.63 bits per heavy atom. The van der Waals surface area contributed by atoms with Crippen molar-refractivity contribution < 1.29 is 13.2 Å². The largest absolute Gasteiger partial charge is 0.357 e. The van der Waals surface area contributed by atoms with Crippen LogP contribution in [0.15, 0.2) is 29.3 Å². The zero-order valence-electron chi connectivity index (χ0n) is 18.4. The molecular formula is C22H36N4O3S. The maximum Gasteiger partial charge on any atom is 0.227 e. The highest BCUT2D eigenvalue weighted by atomic mass is 32.2. The quantitative estimate of drug-likeness (QED) is 0.408. The number of carbonyl (C=O) groups is 1. The monoisotopic (exact) mass is 436 g/mol. The number of carbonyl (C=O) groups excluding carboxylic acids is 1. The van der Waals surface area contributed by atoms with E-state index in [1.165, 1.54) is 12.7 Å². The van der Waals surface area contributed by atoms with Crippen LogP contribution in [0.3, 0.4) is 0 Å². The first-order valence-corrected chi connectivity index (χ1v) is 12.9. The lowest BCUT2D eigenvalue weighted by Crippen LogP contribution is -2.42. The molecule has 1 aromatic carbocycles. The molecule has 30 heavy (non-hydrogen) atoms. The van der Waals surface area contributed by atoms with Crippen LogP contribution in [0.2, 0.25) is 0 Å². The van der Waals surface area contributed by atoms with Gasteiger partial charge in [0.1, 0.15) is 9.84 Å². The lowest BCUT2D eigenvalue weighted by Gasteiger charge is -2.20. The van der Waals surface area contributed by atoms with E-state index in [2.05, 4.69) is 20.9 Å². The fourth-order valence-electron chi connectivity index (χ4n) is 3.54. The second-order valence-electron chi connectivity index (χ2n) is 8.18. The van der Waals surface area contributed by atoms with Gasteiger partial charge in [-0.05, 0) is 50.8 Å². The van der Waals surface area contributed by atoms with Crippen molar-refractivity contribution in [3.05, 3.63) is 29.8 Å². The number of hydrogen-bond donors (Lipinski definition) is 3. The number of amides is 1. The van der Waals surface area contributed by atoms with E-state index < -0.39 is 9.84 Å². The minimum absolute atomic E-state index is 0.0151. The van der Waals surface area contributed by atoms with E-state index in [4.69, 9.17) is 0 Å². The van der Waals surface area contributed by atoms with E-state index in [9.17, 15) is 13.2 Å². The van der Waals surface area contributed by atoms with E-state index in [-0.39, 0.29) is 23.6 Å². The summed E-state index contributed by atoms with van der Waals surface area (Å²) in [5.74, 6) is 1.03. The molecule has 1 unspecified atom stereocenters. The second-order valence-corrected chi connectivity index (χ2v) is 10.4. The van der Waals surface area contributed by atoms with Crippen molar-refractivity contribution >= 4 is 27.4 Å². The Bertz CT molecular complexity index is 817. The van der Waals surface area contributed by atoms with Gasteiger partial charge in [-0.25, -0.2) is 13.4 Å². The van der Waals surface area contributed by atoms with Gasteiger partial charge in [-0.2, -0.15) is 0 Å². The highest BCUT2D eigenvalue weighted by Gasteiger charge is 2.21. The van der Waals surface area contributed by atoms with Gasteiger partial charge in [0.2, 0.25) is 5.91 Å². The van der Waals surface area contributed by atoms with E-state index in [1.54, 1.807) is 0 Å². The van der Waals surface area contributed by atoms with Gasteiger partial charge in [-0.15, -0.1) is 0 Å². The third-order valence-corrected chi connectivity index (χ3v) is 6.22. The molecule has 7 nitrogen and oxygen atoms in total. The molecule has 3 N–H and O–H groups in total. The van der Waals surface area contributed by atoms with Crippen LogP contribution >= 0.6 is 0 Å². The molecule has 0 spiro atoms. The third kappa shape index (κ3) is 9.15. The summed E-state index contributed by atoms with van der Waals surface area (Å²) in [6, 6.07) is 7.76. The number of anilines is 1. The van der Waals surface area contributed by atoms with Crippen LogP contribution in [0, 0.1) is 5.92 Å². The first kappa shape index (κ1) is 24.2. The van der Waals surface area contributed by atoms with E-state index in [0.717, 1.165) is 36.9 Å². The zero-order valence-corrected chi connectivity index (χ0v) is 19.2. The minimum atomic E-state index is -2.98. The van der Waals surface area contributed by atoms with Crippen LogP contribution in [0.25, 0.3) is 0 Å². The summed E-state index contributed by atoms with van der Waals surface area (Å²) in [7, 11) is -2.98. The maximum absolute atomic E-state index is 12.5. The number of sulfone groups is 1. The number of hydrogen-bond acceptors (Lipinski definition) is 4. The molecule has 1 atom stereocenters. The number of nitrogens with zero attached hydrogens (tertiary/aromatic N) is 1. The Morgan fingerprint density at radius 1 is 1.23 bits per heavy atom. The molecule has 0 aromatic heterocycles. The first-order valence-electron chi connectivity index (χ1n) is 10.9. The van der Waals surface area contributed by atoms with Gasteiger partial charge >= 0.3 is 0 Å². The molecule has 1 aliphatic rings. The third-order valence-electron chi connectivity index (χ3n) is 5.24. The van der Waals surface area contributed by atoms with Crippen LogP contribution in [-0.2, 0) is 21.2 Å². The molecular weight excluding hydrogens is 400 g/mol. The van der Waals surface area contributed by atoms with E-state index >= 15 is 0 Å². The SMILES string of the molecule is CCNC(=NCc1cccc(NC(=O)C2CCCCC2)c1)NC(C)CCS(C)(=O)=O. The molecule has 1 aliphatic carbocycles. The summed E-state index contributed by atoms with van der Waals surface area (Å²) in [5.41, 5.74) is 1.80. The molecule has 8 heteroatoms. The summed E-state index contributed by atoms with van der Waals surface area (Å²) in [6.07, 6.45) is 7.22. The molecule has 1 saturated carbocycles. The molecule has 1 aromatic rings. The molecule has 0 saturated heterocycles. The lowest BCUT2D eigenvalue weighted by atomic mass is 9.88. The highest BCUT2D eigenvalue weighted by molar-refractivity contribution is 7.90. The smallest absolute Gasteiger partial charge is 0.227 e. The van der Waals surface area contributed by atoms with Crippen molar-refractivity contribution in [3.63, 3.8) is 0 Å². The molecule has 2 rings (SSSR count). The summed E-state index contributed by atoms with van der Waals surface area (Å²) in [4.78, 5) is 17.1. The van der Waals surface area contributed by atoms with Crippen LogP contribution in [0.5, 0.6) is 0 Å². The second kappa shape index (κ2) is 11.9. The van der Waals surface area contributed by atoms with Gasteiger partial charge in [0, 0.05) is 30.4 Å². The van der Waals surface area contributed by atoms with Gasteiger partial charge in [0.05, 0.1) is 12.3 Å². The fourth-order valence-corrected chi connectivity index (χ4v) is 4.33. The Labute approximate surface area is 181 Å². The number of guanidine groups is 1. The van der Waals surface area contributed by atoms with Crippen LogP contribution < -0.4 is 16.0 Å². The zero-order chi connectivity index (χ0) is 22.0. The predicted molar refractivity (Wildman–Crippen MR) is 123 cm³/mol. The van der Waals surface area contributed by atoms with Gasteiger partial charge < -0.3 is 16.0 Å². The van der Waals surface area contributed by atoms with Crippen molar-refractivity contribution in [2.24, 2.45) is 10.9 Å². The highest BCUT2D eigenvalue weighted by Crippen LogP contribution is 2.25. The molecule has 0 heterocycles. The first-order chi connectivity index (χ1) is 14.3. The predicted octanol–water partition coefficient (Wildman–Crippen LogP) is 3.08. The van der Waals surface area contributed by atoms with Gasteiger partial charge in [0.15, 0.2) is 5.96 Å². The van der Waals surface area contributed by atoms with Crippen LogP contribution in [-0.4, -0.2) is 44.9 Å². The topological polar surface area (TPSA) is 99.7 Å². The standard InChI is InChI=1S/C22H36N4O3S/c1-4-23-22(25-17(2)13-14-30(3,28)29)24-16-18-9-8-12-20(15-18)26-21(27)19-10-6-5-7-11-19/h8-9,12,15,17,19H,4-7,10-11,13-14,16H2,1-3H3,(H,26,27)(H2,23,24,25). The summed E-state index contributed by atoms with van der Waals surface area (Å²) >= 11 is 0. The van der Waals surface area contributed by atoms with E-state index in [1.807, 2.05) is 38.1 Å². The Hall–Kier alpha value is -2.09. The molecule has 1 amide bonds. The Balaban J connectivity index is 1.94. The Morgan fingerprint density at radius 2 is 1.97 bits per heavy atom. The molecule has 0 bridgehead atoms. The normalized spacial score (nSPS) is 16.7. The van der Waals surface area contributed by atoms with Gasteiger partial charge in [0.25, 0.3) is 0 Å². The Kier molecular flexibility index (Phi) is 9.62. The molecule has 0 radical (unpaired) electrons. The summed E-state index contributed by atoms with van der Waals surface area (Å²) in [5, 5.41) is 9.50.